The first-order chi connectivity index (χ1) is 10.6. The van der Waals surface area contributed by atoms with Crippen LogP contribution in [0.3, 0.4) is 0 Å². The molecule has 0 bridgehead atoms. The van der Waals surface area contributed by atoms with Gasteiger partial charge in [-0.2, -0.15) is 0 Å². The number of fused-ring (bicyclic) bond motifs is 1. The van der Waals surface area contributed by atoms with Crippen LogP contribution in [-0.2, 0) is 4.79 Å². The van der Waals surface area contributed by atoms with E-state index >= 15 is 0 Å². The Morgan fingerprint density at radius 3 is 2.64 bits per heavy atom. The van der Waals surface area contributed by atoms with Crippen LogP contribution in [0.5, 0.6) is 0 Å². The third-order valence-electron chi connectivity index (χ3n) is 3.82. The molecule has 3 rings (SSSR count). The molecule has 0 aliphatic carbocycles. The molecule has 1 aliphatic rings. The predicted molar refractivity (Wildman–Crippen MR) is 91.2 cm³/mol. The molecule has 0 spiro atoms. The van der Waals surface area contributed by atoms with Gasteiger partial charge in [0.2, 0.25) is 0 Å². The molecule has 0 radical (unpaired) electrons. The fraction of sp³-hybridized carbons (Fsp3) is 0.211. The van der Waals surface area contributed by atoms with Gasteiger partial charge in [0.25, 0.3) is 5.91 Å². The number of aryl methyl sites for hydroxylation is 1. The maximum Gasteiger partial charge on any atom is 0.254 e. The standard InChI is InChI=1S/C19H20N2O/c1-13(2)12-21-17-10-9-14(3)11-16(17)20-18(19(21)22)15-7-5-4-6-8-15/h4-11,18,20H,1,12H2,2-3H3. The van der Waals surface area contributed by atoms with Gasteiger partial charge in [-0.15, -0.1) is 0 Å². The monoisotopic (exact) mass is 292 g/mol. The second kappa shape index (κ2) is 5.68. The van der Waals surface area contributed by atoms with E-state index in [1.807, 2.05) is 54.3 Å². The van der Waals surface area contributed by atoms with Gasteiger partial charge in [0, 0.05) is 6.54 Å². The molecule has 3 nitrogen and oxygen atoms in total. The van der Waals surface area contributed by atoms with E-state index < -0.39 is 0 Å². The molecule has 1 amide bonds. The molecule has 1 N–H and O–H groups in total. The Morgan fingerprint density at radius 2 is 1.95 bits per heavy atom. The van der Waals surface area contributed by atoms with Gasteiger partial charge in [-0.25, -0.2) is 0 Å². The van der Waals surface area contributed by atoms with Crippen molar-refractivity contribution in [2.24, 2.45) is 0 Å². The zero-order valence-corrected chi connectivity index (χ0v) is 13.0. The molecule has 1 heterocycles. The number of benzene rings is 2. The zero-order valence-electron chi connectivity index (χ0n) is 13.0. The minimum Gasteiger partial charge on any atom is -0.368 e. The number of nitrogens with one attached hydrogen (secondary N) is 1. The van der Waals surface area contributed by atoms with E-state index in [1.165, 1.54) is 5.56 Å². The summed E-state index contributed by atoms with van der Waals surface area (Å²) in [6.45, 7) is 8.50. The van der Waals surface area contributed by atoms with Gasteiger partial charge in [-0.3, -0.25) is 4.79 Å². The molecule has 1 aliphatic heterocycles. The molecule has 0 saturated carbocycles. The quantitative estimate of drug-likeness (QED) is 0.865. The molecule has 0 aromatic heterocycles. The minimum atomic E-state index is -0.352. The van der Waals surface area contributed by atoms with E-state index in [-0.39, 0.29) is 11.9 Å². The van der Waals surface area contributed by atoms with E-state index in [0.717, 1.165) is 22.5 Å². The maximum atomic E-state index is 12.9. The summed E-state index contributed by atoms with van der Waals surface area (Å²) < 4.78 is 0. The smallest absolute Gasteiger partial charge is 0.254 e. The maximum absolute atomic E-state index is 12.9. The first-order valence-electron chi connectivity index (χ1n) is 7.44. The van der Waals surface area contributed by atoms with Crippen LogP contribution in [0.2, 0.25) is 0 Å². The van der Waals surface area contributed by atoms with Crippen molar-refractivity contribution in [2.45, 2.75) is 19.9 Å². The highest BCUT2D eigenvalue weighted by Gasteiger charge is 2.33. The summed E-state index contributed by atoms with van der Waals surface area (Å²) in [5.41, 5.74) is 5.03. The van der Waals surface area contributed by atoms with Crippen LogP contribution < -0.4 is 10.2 Å². The molecule has 1 unspecified atom stereocenters. The van der Waals surface area contributed by atoms with Gasteiger partial charge in [-0.1, -0.05) is 48.6 Å². The summed E-state index contributed by atoms with van der Waals surface area (Å²) in [5, 5.41) is 3.39. The molecule has 112 valence electrons. The first-order valence-corrected chi connectivity index (χ1v) is 7.44. The Kier molecular flexibility index (Phi) is 3.72. The summed E-state index contributed by atoms with van der Waals surface area (Å²) in [7, 11) is 0. The predicted octanol–water partition coefficient (Wildman–Crippen LogP) is 4.07. The molecule has 22 heavy (non-hydrogen) atoms. The zero-order chi connectivity index (χ0) is 15.7. The van der Waals surface area contributed by atoms with Crippen LogP contribution in [0, 0.1) is 6.92 Å². The van der Waals surface area contributed by atoms with E-state index in [1.54, 1.807) is 0 Å². The average Bonchev–Trinajstić information content (AvgIpc) is 2.50. The van der Waals surface area contributed by atoms with Gasteiger partial charge >= 0.3 is 0 Å². The van der Waals surface area contributed by atoms with Gasteiger partial charge < -0.3 is 10.2 Å². The van der Waals surface area contributed by atoms with E-state index in [0.29, 0.717) is 6.54 Å². The second-order valence-electron chi connectivity index (χ2n) is 5.89. The molecule has 2 aromatic carbocycles. The van der Waals surface area contributed by atoms with Crippen LogP contribution in [-0.4, -0.2) is 12.5 Å². The van der Waals surface area contributed by atoms with Crippen molar-refractivity contribution in [2.75, 3.05) is 16.8 Å². The molecule has 3 heteroatoms. The number of carbonyl (C=O) groups is 1. The SMILES string of the molecule is C=C(C)CN1C(=O)C(c2ccccc2)Nc2cc(C)ccc21. The van der Waals surface area contributed by atoms with Gasteiger partial charge in [0.1, 0.15) is 6.04 Å². The van der Waals surface area contributed by atoms with Crippen molar-refractivity contribution in [3.05, 3.63) is 71.8 Å². The van der Waals surface area contributed by atoms with Gasteiger partial charge in [0.15, 0.2) is 0 Å². The van der Waals surface area contributed by atoms with E-state index in [4.69, 9.17) is 0 Å². The van der Waals surface area contributed by atoms with Crippen LogP contribution in [0.15, 0.2) is 60.7 Å². The number of hydrogen-bond donors (Lipinski definition) is 1. The lowest BCUT2D eigenvalue weighted by atomic mass is 10.00. The first kappa shape index (κ1) is 14.4. The molecule has 0 saturated heterocycles. The normalized spacial score (nSPS) is 16.9. The number of hydrogen-bond acceptors (Lipinski definition) is 2. The van der Waals surface area contributed by atoms with Crippen LogP contribution in [0.1, 0.15) is 24.1 Å². The number of carbonyl (C=O) groups excluding carboxylic acids is 1. The number of rotatable bonds is 3. The fourth-order valence-corrected chi connectivity index (χ4v) is 2.80. The highest BCUT2D eigenvalue weighted by Crippen LogP contribution is 2.37. The Morgan fingerprint density at radius 1 is 1.23 bits per heavy atom. The van der Waals surface area contributed by atoms with Crippen molar-refractivity contribution in [1.29, 1.82) is 0 Å². The highest BCUT2D eigenvalue weighted by atomic mass is 16.2. The molecule has 2 aromatic rings. The molecule has 1 atom stereocenters. The van der Waals surface area contributed by atoms with E-state index in [9.17, 15) is 4.79 Å². The van der Waals surface area contributed by atoms with E-state index in [2.05, 4.69) is 24.9 Å². The Hall–Kier alpha value is -2.55. The molecular formula is C19H20N2O. The Balaban J connectivity index is 2.06. The largest absolute Gasteiger partial charge is 0.368 e. The van der Waals surface area contributed by atoms with Crippen LogP contribution >= 0.6 is 0 Å². The summed E-state index contributed by atoms with van der Waals surface area (Å²) in [4.78, 5) is 14.8. The van der Waals surface area contributed by atoms with Crippen LogP contribution in [0.4, 0.5) is 11.4 Å². The Bertz CT molecular complexity index is 721. The van der Waals surface area contributed by atoms with Gasteiger partial charge in [-0.05, 0) is 37.1 Å². The van der Waals surface area contributed by atoms with Crippen molar-refractivity contribution in [3.8, 4) is 0 Å². The molecular weight excluding hydrogens is 272 g/mol. The van der Waals surface area contributed by atoms with Crippen molar-refractivity contribution >= 4 is 17.3 Å². The van der Waals surface area contributed by atoms with Crippen molar-refractivity contribution in [3.63, 3.8) is 0 Å². The minimum absolute atomic E-state index is 0.0607. The lowest BCUT2D eigenvalue weighted by molar-refractivity contribution is -0.119. The van der Waals surface area contributed by atoms with Gasteiger partial charge in [0.05, 0.1) is 11.4 Å². The summed E-state index contributed by atoms with van der Waals surface area (Å²) >= 11 is 0. The lowest BCUT2D eigenvalue weighted by Gasteiger charge is -2.36. The summed E-state index contributed by atoms with van der Waals surface area (Å²) in [5.74, 6) is 0.0607. The topological polar surface area (TPSA) is 32.3 Å². The average molecular weight is 292 g/mol. The third kappa shape index (κ3) is 2.62. The fourth-order valence-electron chi connectivity index (χ4n) is 2.80. The van der Waals surface area contributed by atoms with Crippen molar-refractivity contribution in [1.82, 2.24) is 0 Å². The van der Waals surface area contributed by atoms with Crippen LogP contribution in [0.25, 0.3) is 0 Å². The lowest BCUT2D eigenvalue weighted by Crippen LogP contribution is -2.43. The highest BCUT2D eigenvalue weighted by molar-refractivity contribution is 6.05. The summed E-state index contributed by atoms with van der Waals surface area (Å²) in [6, 6.07) is 15.6. The number of anilines is 2. The summed E-state index contributed by atoms with van der Waals surface area (Å²) in [6.07, 6.45) is 0. The molecule has 0 fully saturated rings. The Labute approximate surface area is 131 Å². The third-order valence-corrected chi connectivity index (χ3v) is 3.82. The number of nitrogens with zero attached hydrogens (tertiary/aromatic N) is 1. The number of amides is 1. The second-order valence-corrected chi connectivity index (χ2v) is 5.89. The van der Waals surface area contributed by atoms with Crippen molar-refractivity contribution < 1.29 is 4.79 Å².